The number of nitrogens with one attached hydrogen (secondary N) is 2. The zero-order chi connectivity index (χ0) is 20.9. The predicted molar refractivity (Wildman–Crippen MR) is 109 cm³/mol. The number of nitriles is 1. The normalized spacial score (nSPS) is 15.5. The number of hydrogen-bond donors (Lipinski definition) is 2. The van der Waals surface area contributed by atoms with Gasteiger partial charge in [-0.25, -0.2) is 9.97 Å². The van der Waals surface area contributed by atoms with Gasteiger partial charge in [-0.15, -0.1) is 0 Å². The van der Waals surface area contributed by atoms with Crippen molar-refractivity contribution in [2.24, 2.45) is 0 Å². The minimum atomic E-state index is -0.302. The Balaban J connectivity index is 1.45. The van der Waals surface area contributed by atoms with E-state index >= 15 is 0 Å². The Kier molecular flexibility index (Phi) is 5.68. The van der Waals surface area contributed by atoms with E-state index < -0.39 is 0 Å². The molecule has 1 saturated heterocycles. The molecule has 0 bridgehead atoms. The fraction of sp³-hybridized carbons (Fsp3) is 0.286. The van der Waals surface area contributed by atoms with Crippen LogP contribution >= 0.6 is 0 Å². The highest BCUT2D eigenvalue weighted by Crippen LogP contribution is 2.16. The lowest BCUT2D eigenvalue weighted by Crippen LogP contribution is -2.23. The smallest absolute Gasteiger partial charge is 0.271 e. The molecule has 152 valence electrons. The van der Waals surface area contributed by atoms with Crippen molar-refractivity contribution < 1.29 is 9.53 Å². The van der Waals surface area contributed by atoms with Gasteiger partial charge >= 0.3 is 0 Å². The number of imidazole rings is 1. The Morgan fingerprint density at radius 3 is 3.10 bits per heavy atom. The van der Waals surface area contributed by atoms with E-state index in [0.29, 0.717) is 30.5 Å². The summed E-state index contributed by atoms with van der Waals surface area (Å²) in [7, 11) is 0. The van der Waals surface area contributed by atoms with Gasteiger partial charge in [0.15, 0.2) is 0 Å². The molecule has 1 aliphatic rings. The van der Waals surface area contributed by atoms with Crippen molar-refractivity contribution in [2.45, 2.75) is 25.9 Å². The minimum Gasteiger partial charge on any atom is -0.379 e. The van der Waals surface area contributed by atoms with Gasteiger partial charge in [0, 0.05) is 31.1 Å². The Hall–Kier alpha value is -3.77. The number of amides is 1. The Labute approximate surface area is 173 Å². The van der Waals surface area contributed by atoms with E-state index in [-0.39, 0.29) is 17.6 Å². The molecular formula is C21H21N7O2. The molecule has 1 aromatic carbocycles. The molecule has 0 radical (unpaired) electrons. The molecule has 4 rings (SSSR count). The lowest BCUT2D eigenvalue weighted by atomic mass is 10.1. The number of carbonyl (C=O) groups excluding carboxylic acids is 1. The number of rotatable bonds is 6. The van der Waals surface area contributed by atoms with E-state index in [1.807, 2.05) is 13.0 Å². The Morgan fingerprint density at radius 2 is 2.30 bits per heavy atom. The number of ether oxygens (including phenoxy) is 1. The SMILES string of the molecule is Cc1cnc(NC2CCOC2)nc1-n1cnc(C(=O)NCc2cccc(C#N)c2)c1. The highest BCUT2D eigenvalue weighted by atomic mass is 16.5. The van der Waals surface area contributed by atoms with Gasteiger partial charge in [0.25, 0.3) is 5.91 Å². The van der Waals surface area contributed by atoms with Crippen molar-refractivity contribution >= 4 is 11.9 Å². The summed E-state index contributed by atoms with van der Waals surface area (Å²) in [6, 6.07) is 9.39. The maximum Gasteiger partial charge on any atom is 0.271 e. The Morgan fingerprint density at radius 1 is 1.40 bits per heavy atom. The minimum absolute atomic E-state index is 0.198. The van der Waals surface area contributed by atoms with Gasteiger partial charge in [-0.05, 0) is 31.0 Å². The standard InChI is InChI=1S/C21H21N7O2/c1-14-9-24-21(26-17-5-6-30-12-17)27-19(14)28-11-18(25-13-28)20(29)23-10-16-4-2-3-15(7-16)8-22/h2-4,7,9,11,13,17H,5-6,10,12H2,1H3,(H,23,29)(H,24,26,27). The molecule has 9 nitrogen and oxygen atoms in total. The molecule has 0 aliphatic carbocycles. The van der Waals surface area contributed by atoms with Crippen LogP contribution in [-0.2, 0) is 11.3 Å². The first kappa shape index (κ1) is 19.5. The third kappa shape index (κ3) is 4.45. The number of nitrogens with zero attached hydrogens (tertiary/aromatic N) is 5. The molecule has 3 aromatic rings. The molecule has 2 N–H and O–H groups in total. The zero-order valence-electron chi connectivity index (χ0n) is 16.5. The van der Waals surface area contributed by atoms with Crippen molar-refractivity contribution in [2.75, 3.05) is 18.5 Å². The zero-order valence-corrected chi connectivity index (χ0v) is 16.5. The van der Waals surface area contributed by atoms with Crippen LogP contribution in [0.5, 0.6) is 0 Å². The van der Waals surface area contributed by atoms with E-state index in [0.717, 1.165) is 24.2 Å². The molecule has 3 heterocycles. The summed E-state index contributed by atoms with van der Waals surface area (Å²) in [4.78, 5) is 25.6. The van der Waals surface area contributed by atoms with Crippen LogP contribution in [0.2, 0.25) is 0 Å². The third-order valence-corrected chi connectivity index (χ3v) is 4.78. The van der Waals surface area contributed by atoms with Gasteiger partial charge in [-0.1, -0.05) is 12.1 Å². The summed E-state index contributed by atoms with van der Waals surface area (Å²) in [5.41, 5.74) is 2.54. The molecule has 1 atom stereocenters. The molecule has 0 saturated carbocycles. The van der Waals surface area contributed by atoms with Crippen LogP contribution in [0.15, 0.2) is 43.0 Å². The number of carbonyl (C=O) groups is 1. The molecule has 1 unspecified atom stereocenters. The molecular weight excluding hydrogens is 382 g/mol. The average Bonchev–Trinajstić information content (AvgIpc) is 3.46. The number of aryl methyl sites for hydroxylation is 1. The van der Waals surface area contributed by atoms with Gasteiger partial charge in [0.2, 0.25) is 5.95 Å². The topological polar surface area (TPSA) is 118 Å². The number of aromatic nitrogens is 4. The second kappa shape index (κ2) is 8.71. The summed E-state index contributed by atoms with van der Waals surface area (Å²) < 4.78 is 7.08. The maximum atomic E-state index is 12.5. The van der Waals surface area contributed by atoms with Crippen LogP contribution in [-0.4, -0.2) is 44.7 Å². The fourth-order valence-corrected chi connectivity index (χ4v) is 3.17. The largest absolute Gasteiger partial charge is 0.379 e. The fourth-order valence-electron chi connectivity index (χ4n) is 3.17. The van der Waals surface area contributed by atoms with Crippen molar-refractivity contribution in [1.82, 2.24) is 24.8 Å². The molecule has 2 aromatic heterocycles. The lowest BCUT2D eigenvalue weighted by Gasteiger charge is -2.12. The second-order valence-corrected chi connectivity index (χ2v) is 7.07. The number of hydrogen-bond acceptors (Lipinski definition) is 7. The van der Waals surface area contributed by atoms with Crippen molar-refractivity contribution in [3.05, 3.63) is 65.4 Å². The van der Waals surface area contributed by atoms with Crippen LogP contribution in [0.25, 0.3) is 5.82 Å². The molecule has 1 aliphatic heterocycles. The van der Waals surface area contributed by atoms with Gasteiger partial charge in [0.05, 0.1) is 24.3 Å². The van der Waals surface area contributed by atoms with Crippen LogP contribution in [0.3, 0.4) is 0 Å². The summed E-state index contributed by atoms with van der Waals surface area (Å²) in [5, 5.41) is 15.1. The van der Waals surface area contributed by atoms with Crippen LogP contribution in [0.1, 0.15) is 33.6 Å². The quantitative estimate of drug-likeness (QED) is 0.646. The highest BCUT2D eigenvalue weighted by Gasteiger charge is 2.17. The monoisotopic (exact) mass is 403 g/mol. The van der Waals surface area contributed by atoms with Crippen molar-refractivity contribution in [1.29, 1.82) is 5.26 Å². The average molecular weight is 403 g/mol. The first-order valence-electron chi connectivity index (χ1n) is 9.62. The van der Waals surface area contributed by atoms with E-state index in [1.165, 1.54) is 0 Å². The molecule has 1 amide bonds. The van der Waals surface area contributed by atoms with Gasteiger partial charge in [-0.2, -0.15) is 10.2 Å². The van der Waals surface area contributed by atoms with Gasteiger partial charge < -0.3 is 15.4 Å². The Bertz CT molecular complexity index is 1100. The number of anilines is 1. The first-order valence-corrected chi connectivity index (χ1v) is 9.62. The van der Waals surface area contributed by atoms with E-state index in [1.54, 1.807) is 41.5 Å². The molecule has 0 spiro atoms. The van der Waals surface area contributed by atoms with Crippen LogP contribution < -0.4 is 10.6 Å². The van der Waals surface area contributed by atoms with Crippen molar-refractivity contribution in [3.8, 4) is 11.9 Å². The first-order chi connectivity index (χ1) is 14.6. The molecule has 1 fully saturated rings. The van der Waals surface area contributed by atoms with Gasteiger partial charge in [0.1, 0.15) is 17.8 Å². The molecule has 30 heavy (non-hydrogen) atoms. The number of benzene rings is 1. The summed E-state index contributed by atoms with van der Waals surface area (Å²) in [6.07, 6.45) is 5.85. The van der Waals surface area contributed by atoms with E-state index in [9.17, 15) is 4.79 Å². The van der Waals surface area contributed by atoms with Gasteiger partial charge in [-0.3, -0.25) is 9.36 Å². The maximum absolute atomic E-state index is 12.5. The van der Waals surface area contributed by atoms with E-state index in [2.05, 4.69) is 31.7 Å². The summed E-state index contributed by atoms with van der Waals surface area (Å²) >= 11 is 0. The summed E-state index contributed by atoms with van der Waals surface area (Å²) in [6.45, 7) is 3.58. The second-order valence-electron chi connectivity index (χ2n) is 7.07. The van der Waals surface area contributed by atoms with E-state index in [4.69, 9.17) is 10.00 Å². The molecule has 9 heteroatoms. The highest BCUT2D eigenvalue weighted by molar-refractivity contribution is 5.92. The third-order valence-electron chi connectivity index (χ3n) is 4.78. The summed E-state index contributed by atoms with van der Waals surface area (Å²) in [5.74, 6) is 0.868. The van der Waals surface area contributed by atoms with Crippen LogP contribution in [0, 0.1) is 18.3 Å². The predicted octanol–water partition coefficient (Wildman–Crippen LogP) is 1.97. The lowest BCUT2D eigenvalue weighted by molar-refractivity contribution is 0.0946. The van der Waals surface area contributed by atoms with Crippen molar-refractivity contribution in [3.63, 3.8) is 0 Å². The van der Waals surface area contributed by atoms with Crippen LogP contribution in [0.4, 0.5) is 5.95 Å².